The molecule has 0 aliphatic rings. The van der Waals surface area contributed by atoms with Gasteiger partial charge in [0.25, 0.3) is 0 Å². The highest BCUT2D eigenvalue weighted by Crippen LogP contribution is 2.03. The Hall–Kier alpha value is -0.380. The van der Waals surface area contributed by atoms with E-state index in [1.165, 1.54) is 11.3 Å². The maximum absolute atomic E-state index is 2.41. The standard InChI is InChI=1S/C13H20N.HI/c1-11(2)14(12(3)4)10-13-8-6-5-7-9-13;/h5-9,11H,10H2,1-4H3;1H/q+1;/p-1. The van der Waals surface area contributed by atoms with Crippen LogP contribution in [0.15, 0.2) is 30.3 Å². The zero-order chi connectivity index (χ0) is 10.6. The van der Waals surface area contributed by atoms with Crippen molar-refractivity contribution in [1.82, 2.24) is 0 Å². The average molecular weight is 317 g/mol. The van der Waals surface area contributed by atoms with E-state index in [1.54, 1.807) is 0 Å². The third-order valence-electron chi connectivity index (χ3n) is 2.39. The van der Waals surface area contributed by atoms with Crippen molar-refractivity contribution in [2.24, 2.45) is 0 Å². The maximum Gasteiger partial charge on any atom is 0.168 e. The van der Waals surface area contributed by atoms with Crippen LogP contribution in [0.3, 0.4) is 0 Å². The van der Waals surface area contributed by atoms with Crippen LogP contribution >= 0.6 is 0 Å². The third-order valence-corrected chi connectivity index (χ3v) is 2.39. The van der Waals surface area contributed by atoms with E-state index in [4.69, 9.17) is 0 Å². The normalized spacial score (nSPS) is 9.67. The highest BCUT2D eigenvalue weighted by molar-refractivity contribution is 5.73. The second kappa shape index (κ2) is 6.99. The Morgan fingerprint density at radius 3 is 2.07 bits per heavy atom. The molecule has 1 aromatic carbocycles. The van der Waals surface area contributed by atoms with Gasteiger partial charge in [-0.15, -0.1) is 0 Å². The quantitative estimate of drug-likeness (QED) is 0.422. The fourth-order valence-electron chi connectivity index (χ4n) is 1.64. The Labute approximate surface area is 110 Å². The Bertz CT molecular complexity index is 311. The zero-order valence-electron chi connectivity index (χ0n) is 10.00. The summed E-state index contributed by atoms with van der Waals surface area (Å²) in [5.41, 5.74) is 2.76. The van der Waals surface area contributed by atoms with Gasteiger partial charge in [0.2, 0.25) is 0 Å². The van der Waals surface area contributed by atoms with Crippen LogP contribution in [0.1, 0.15) is 33.3 Å². The van der Waals surface area contributed by atoms with Gasteiger partial charge in [-0.1, -0.05) is 30.3 Å². The lowest BCUT2D eigenvalue weighted by molar-refractivity contribution is -0.574. The van der Waals surface area contributed by atoms with E-state index in [1.807, 2.05) is 0 Å². The first kappa shape index (κ1) is 14.6. The highest BCUT2D eigenvalue weighted by Gasteiger charge is 2.11. The molecule has 0 aromatic heterocycles. The van der Waals surface area contributed by atoms with Crippen LogP contribution in [-0.2, 0) is 6.54 Å². The van der Waals surface area contributed by atoms with Crippen LogP contribution in [0.4, 0.5) is 0 Å². The number of hydrogen-bond acceptors (Lipinski definition) is 0. The minimum absolute atomic E-state index is 0. The molecule has 0 saturated heterocycles. The topological polar surface area (TPSA) is 3.01 Å². The Morgan fingerprint density at radius 1 is 1.13 bits per heavy atom. The summed E-state index contributed by atoms with van der Waals surface area (Å²) < 4.78 is 2.41. The van der Waals surface area contributed by atoms with E-state index in [0.717, 1.165) is 6.54 Å². The molecular formula is C13H20IN. The van der Waals surface area contributed by atoms with Crippen LogP contribution in [0, 0.1) is 0 Å². The molecule has 0 heterocycles. The molecule has 84 valence electrons. The second-order valence-corrected chi connectivity index (χ2v) is 4.15. The predicted molar refractivity (Wildman–Crippen MR) is 61.9 cm³/mol. The van der Waals surface area contributed by atoms with E-state index in [2.05, 4.69) is 62.6 Å². The minimum atomic E-state index is 0. The molecule has 2 heteroatoms. The largest absolute Gasteiger partial charge is 1.00 e. The SMILES string of the molecule is CC(C)=[N+](Cc1ccccc1)C(C)C.[I-]. The van der Waals surface area contributed by atoms with Gasteiger partial charge in [0.05, 0.1) is 0 Å². The van der Waals surface area contributed by atoms with Crippen molar-refractivity contribution in [3.63, 3.8) is 0 Å². The van der Waals surface area contributed by atoms with Crippen molar-refractivity contribution in [2.75, 3.05) is 0 Å². The van der Waals surface area contributed by atoms with Gasteiger partial charge in [0.1, 0.15) is 11.8 Å². The number of benzene rings is 1. The zero-order valence-corrected chi connectivity index (χ0v) is 12.2. The van der Waals surface area contributed by atoms with Gasteiger partial charge in [-0.05, 0) is 13.8 Å². The number of rotatable bonds is 3. The van der Waals surface area contributed by atoms with Gasteiger partial charge in [-0.2, -0.15) is 0 Å². The van der Waals surface area contributed by atoms with Gasteiger partial charge >= 0.3 is 0 Å². The van der Waals surface area contributed by atoms with E-state index in [0.29, 0.717) is 6.04 Å². The number of halogens is 1. The van der Waals surface area contributed by atoms with Crippen LogP contribution in [-0.4, -0.2) is 16.3 Å². The number of hydrogen-bond donors (Lipinski definition) is 0. The molecule has 1 aromatic rings. The second-order valence-electron chi connectivity index (χ2n) is 4.15. The molecule has 0 spiro atoms. The summed E-state index contributed by atoms with van der Waals surface area (Å²) in [4.78, 5) is 0. The summed E-state index contributed by atoms with van der Waals surface area (Å²) in [5.74, 6) is 0. The first-order valence-corrected chi connectivity index (χ1v) is 5.22. The fraction of sp³-hybridized carbons (Fsp3) is 0.462. The smallest absolute Gasteiger partial charge is 0.168 e. The van der Waals surface area contributed by atoms with E-state index in [9.17, 15) is 0 Å². The van der Waals surface area contributed by atoms with Gasteiger partial charge in [0.15, 0.2) is 6.54 Å². The molecule has 1 rings (SSSR count). The van der Waals surface area contributed by atoms with Crippen LogP contribution in [0.5, 0.6) is 0 Å². The molecule has 0 aliphatic carbocycles. The molecule has 0 fully saturated rings. The molecule has 0 atom stereocenters. The summed E-state index contributed by atoms with van der Waals surface area (Å²) >= 11 is 0. The lowest BCUT2D eigenvalue weighted by atomic mass is 10.2. The molecule has 0 radical (unpaired) electrons. The minimum Gasteiger partial charge on any atom is -1.00 e. The van der Waals surface area contributed by atoms with Crippen molar-refractivity contribution in [1.29, 1.82) is 0 Å². The lowest BCUT2D eigenvalue weighted by Crippen LogP contribution is -3.00. The Kier molecular flexibility index (Phi) is 6.81. The number of nitrogens with zero attached hydrogens (tertiary/aromatic N) is 1. The summed E-state index contributed by atoms with van der Waals surface area (Å²) in [6, 6.07) is 11.2. The van der Waals surface area contributed by atoms with Crippen molar-refractivity contribution in [2.45, 2.75) is 40.3 Å². The molecule has 0 N–H and O–H groups in total. The van der Waals surface area contributed by atoms with Gasteiger partial charge in [-0.25, -0.2) is 4.58 Å². The first-order chi connectivity index (χ1) is 6.61. The average Bonchev–Trinajstić information content (AvgIpc) is 2.15. The Morgan fingerprint density at radius 2 is 1.67 bits per heavy atom. The van der Waals surface area contributed by atoms with Crippen molar-refractivity contribution in [3.8, 4) is 0 Å². The van der Waals surface area contributed by atoms with Crippen LogP contribution in [0.2, 0.25) is 0 Å². The lowest BCUT2D eigenvalue weighted by Gasteiger charge is -2.09. The van der Waals surface area contributed by atoms with Crippen molar-refractivity contribution < 1.29 is 28.6 Å². The fourth-order valence-corrected chi connectivity index (χ4v) is 1.64. The van der Waals surface area contributed by atoms with Crippen molar-refractivity contribution in [3.05, 3.63) is 35.9 Å². The van der Waals surface area contributed by atoms with E-state index < -0.39 is 0 Å². The van der Waals surface area contributed by atoms with Gasteiger partial charge < -0.3 is 24.0 Å². The molecule has 0 aliphatic heterocycles. The Balaban J connectivity index is 0.00000196. The molecule has 0 bridgehead atoms. The summed E-state index contributed by atoms with van der Waals surface area (Å²) in [6.07, 6.45) is 0. The molecule has 15 heavy (non-hydrogen) atoms. The van der Waals surface area contributed by atoms with E-state index in [-0.39, 0.29) is 24.0 Å². The molecule has 0 amide bonds. The predicted octanol–water partition coefficient (Wildman–Crippen LogP) is 0.0923. The molecule has 1 nitrogen and oxygen atoms in total. The maximum atomic E-state index is 2.41. The van der Waals surface area contributed by atoms with Crippen molar-refractivity contribution >= 4 is 5.71 Å². The molecule has 0 saturated carbocycles. The monoisotopic (exact) mass is 317 g/mol. The van der Waals surface area contributed by atoms with E-state index >= 15 is 0 Å². The van der Waals surface area contributed by atoms with Gasteiger partial charge in [0, 0.05) is 19.4 Å². The highest BCUT2D eigenvalue weighted by atomic mass is 127. The van der Waals surface area contributed by atoms with Crippen LogP contribution in [0.25, 0.3) is 0 Å². The first-order valence-electron chi connectivity index (χ1n) is 5.22. The van der Waals surface area contributed by atoms with Crippen LogP contribution < -0.4 is 24.0 Å². The summed E-state index contributed by atoms with van der Waals surface area (Å²) in [6.45, 7) is 9.82. The van der Waals surface area contributed by atoms with Gasteiger partial charge in [-0.3, -0.25) is 0 Å². The third kappa shape index (κ3) is 4.78. The summed E-state index contributed by atoms with van der Waals surface area (Å²) in [7, 11) is 0. The summed E-state index contributed by atoms with van der Waals surface area (Å²) in [5, 5.41) is 0. The molecular weight excluding hydrogens is 297 g/mol. The molecule has 0 unspecified atom stereocenters.